The lowest BCUT2D eigenvalue weighted by atomic mass is 9.87. The molecule has 3 N–H and O–H groups in total. The molecule has 0 fully saturated rings. The van der Waals surface area contributed by atoms with Crippen LogP contribution in [0.25, 0.3) is 0 Å². The first-order valence-electron chi connectivity index (χ1n) is 4.34. The maximum Gasteiger partial charge on any atom is 0.309 e. The largest absolute Gasteiger partial charge is 0.481 e. The van der Waals surface area contributed by atoms with Crippen molar-refractivity contribution >= 4 is 5.97 Å². The molecule has 0 saturated carbocycles. The summed E-state index contributed by atoms with van der Waals surface area (Å²) in [7, 11) is 0. The van der Waals surface area contributed by atoms with Gasteiger partial charge >= 0.3 is 5.97 Å². The molecule has 14 heavy (non-hydrogen) atoms. The third-order valence-electron chi connectivity index (χ3n) is 2.32. The van der Waals surface area contributed by atoms with Gasteiger partial charge in [-0.25, -0.2) is 0 Å². The standard InChI is InChI=1S/C9H14N2O3/c1-5-6(10-11-7(5)12)4-9(2,3)8(13)14/h4H2,1-3H3,(H,13,14)(H2,10,11,12). The van der Waals surface area contributed by atoms with E-state index in [1.807, 2.05) is 0 Å². The molecule has 0 amide bonds. The summed E-state index contributed by atoms with van der Waals surface area (Å²) >= 11 is 0. The zero-order valence-corrected chi connectivity index (χ0v) is 8.47. The SMILES string of the molecule is Cc1c(CC(C)(C)C(=O)O)[nH][nH]c1=O. The molecule has 0 aliphatic rings. The van der Waals surface area contributed by atoms with E-state index >= 15 is 0 Å². The Bertz CT molecular complexity index is 400. The van der Waals surface area contributed by atoms with Gasteiger partial charge < -0.3 is 10.2 Å². The van der Waals surface area contributed by atoms with E-state index in [0.29, 0.717) is 17.7 Å². The highest BCUT2D eigenvalue weighted by molar-refractivity contribution is 5.73. The number of carboxylic acid groups (broad SMARTS) is 1. The topological polar surface area (TPSA) is 85.9 Å². The average molecular weight is 198 g/mol. The van der Waals surface area contributed by atoms with Crippen LogP contribution in [0.5, 0.6) is 0 Å². The summed E-state index contributed by atoms with van der Waals surface area (Å²) in [6.45, 7) is 4.92. The van der Waals surface area contributed by atoms with Crippen molar-refractivity contribution < 1.29 is 9.90 Å². The number of aromatic nitrogens is 2. The van der Waals surface area contributed by atoms with Crippen LogP contribution >= 0.6 is 0 Å². The maximum atomic E-state index is 11.1. The fourth-order valence-electron chi connectivity index (χ4n) is 1.15. The van der Waals surface area contributed by atoms with Gasteiger partial charge in [-0.1, -0.05) is 0 Å². The van der Waals surface area contributed by atoms with Gasteiger partial charge in [-0.15, -0.1) is 0 Å². The molecule has 0 radical (unpaired) electrons. The summed E-state index contributed by atoms with van der Waals surface area (Å²) in [5, 5.41) is 14.0. The predicted octanol–water partition coefficient (Wildman–Crippen LogP) is 0.665. The second-order valence-corrected chi connectivity index (χ2v) is 4.05. The van der Waals surface area contributed by atoms with Gasteiger partial charge in [0.2, 0.25) is 0 Å². The summed E-state index contributed by atoms with van der Waals surface area (Å²) in [4.78, 5) is 21.9. The third kappa shape index (κ3) is 1.86. The quantitative estimate of drug-likeness (QED) is 0.667. The molecule has 5 heteroatoms. The first-order chi connectivity index (χ1) is 6.34. The Labute approximate surface area is 81.1 Å². The third-order valence-corrected chi connectivity index (χ3v) is 2.32. The number of H-pyrrole nitrogens is 2. The summed E-state index contributed by atoms with van der Waals surface area (Å²) < 4.78 is 0. The second kappa shape index (κ2) is 3.32. The van der Waals surface area contributed by atoms with E-state index in [4.69, 9.17) is 5.11 Å². The molecule has 1 heterocycles. The number of aliphatic carboxylic acids is 1. The van der Waals surface area contributed by atoms with Crippen molar-refractivity contribution in [1.29, 1.82) is 0 Å². The molecule has 0 unspecified atom stereocenters. The van der Waals surface area contributed by atoms with Crippen molar-refractivity contribution in [3.63, 3.8) is 0 Å². The Morgan fingerprint density at radius 2 is 2.00 bits per heavy atom. The molecule has 1 aromatic rings. The number of nitrogens with one attached hydrogen (secondary N) is 2. The minimum Gasteiger partial charge on any atom is -0.481 e. The predicted molar refractivity (Wildman–Crippen MR) is 51.3 cm³/mol. The van der Waals surface area contributed by atoms with Crippen LogP contribution in [0.2, 0.25) is 0 Å². The molecular formula is C9H14N2O3. The van der Waals surface area contributed by atoms with E-state index in [0.717, 1.165) is 0 Å². The molecule has 1 rings (SSSR count). The van der Waals surface area contributed by atoms with Gasteiger partial charge in [0.1, 0.15) is 0 Å². The lowest BCUT2D eigenvalue weighted by Gasteiger charge is -2.17. The number of carbonyl (C=O) groups is 1. The van der Waals surface area contributed by atoms with E-state index in [-0.39, 0.29) is 5.56 Å². The van der Waals surface area contributed by atoms with E-state index < -0.39 is 11.4 Å². The monoisotopic (exact) mass is 198 g/mol. The van der Waals surface area contributed by atoms with Crippen molar-refractivity contribution in [2.75, 3.05) is 0 Å². The van der Waals surface area contributed by atoms with Gasteiger partial charge in [-0.05, 0) is 20.8 Å². The molecule has 0 aromatic carbocycles. The van der Waals surface area contributed by atoms with Gasteiger partial charge in [0, 0.05) is 17.7 Å². The van der Waals surface area contributed by atoms with Gasteiger partial charge in [-0.3, -0.25) is 14.7 Å². The fourth-order valence-corrected chi connectivity index (χ4v) is 1.15. The molecular weight excluding hydrogens is 184 g/mol. The van der Waals surface area contributed by atoms with Gasteiger partial charge in [0.15, 0.2) is 0 Å². The normalized spacial score (nSPS) is 11.6. The van der Waals surface area contributed by atoms with Crippen molar-refractivity contribution in [3.05, 3.63) is 21.6 Å². The number of carboxylic acids is 1. The number of hydrogen-bond acceptors (Lipinski definition) is 2. The van der Waals surface area contributed by atoms with E-state index in [9.17, 15) is 9.59 Å². The number of hydrogen-bond donors (Lipinski definition) is 3. The first-order valence-corrected chi connectivity index (χ1v) is 4.34. The minimum absolute atomic E-state index is 0.193. The van der Waals surface area contributed by atoms with Crippen LogP contribution in [-0.4, -0.2) is 21.3 Å². The summed E-state index contributed by atoms with van der Waals surface area (Å²) in [6.07, 6.45) is 0.312. The minimum atomic E-state index is -0.876. The zero-order chi connectivity index (χ0) is 10.9. The Kier molecular flexibility index (Phi) is 2.51. The smallest absolute Gasteiger partial charge is 0.309 e. The molecule has 0 saturated heterocycles. The Hall–Kier alpha value is -1.52. The molecule has 5 nitrogen and oxygen atoms in total. The summed E-state index contributed by atoms with van der Waals surface area (Å²) in [6, 6.07) is 0. The number of aromatic amines is 2. The average Bonchev–Trinajstić information content (AvgIpc) is 2.35. The van der Waals surface area contributed by atoms with Crippen LogP contribution < -0.4 is 5.56 Å². The summed E-state index contributed by atoms with van der Waals surface area (Å²) in [5.41, 5.74) is 0.151. The van der Waals surface area contributed by atoms with Crippen LogP contribution in [0, 0.1) is 12.3 Å². The van der Waals surface area contributed by atoms with Gasteiger partial charge in [-0.2, -0.15) is 0 Å². The second-order valence-electron chi connectivity index (χ2n) is 4.05. The lowest BCUT2D eigenvalue weighted by molar-refractivity contribution is -0.146. The van der Waals surface area contributed by atoms with E-state index in [1.165, 1.54) is 0 Å². The molecule has 0 spiro atoms. The van der Waals surface area contributed by atoms with Crippen molar-refractivity contribution in [1.82, 2.24) is 10.2 Å². The maximum absolute atomic E-state index is 11.1. The van der Waals surface area contributed by atoms with Crippen LogP contribution in [0.4, 0.5) is 0 Å². The molecule has 0 aliphatic heterocycles. The highest BCUT2D eigenvalue weighted by atomic mass is 16.4. The van der Waals surface area contributed by atoms with Gasteiger partial charge in [0.05, 0.1) is 5.41 Å². The van der Waals surface area contributed by atoms with Gasteiger partial charge in [0.25, 0.3) is 5.56 Å². The van der Waals surface area contributed by atoms with E-state index in [1.54, 1.807) is 20.8 Å². The highest BCUT2D eigenvalue weighted by Gasteiger charge is 2.28. The Morgan fingerprint density at radius 3 is 2.36 bits per heavy atom. The van der Waals surface area contributed by atoms with Crippen molar-refractivity contribution in [3.8, 4) is 0 Å². The van der Waals surface area contributed by atoms with Crippen molar-refractivity contribution in [2.45, 2.75) is 27.2 Å². The van der Waals surface area contributed by atoms with Crippen LogP contribution in [0.3, 0.4) is 0 Å². The first kappa shape index (κ1) is 10.6. The number of rotatable bonds is 3. The van der Waals surface area contributed by atoms with E-state index in [2.05, 4.69) is 10.2 Å². The Balaban J connectivity index is 2.95. The molecule has 0 aliphatic carbocycles. The summed E-state index contributed by atoms with van der Waals surface area (Å²) in [5.74, 6) is -0.876. The van der Waals surface area contributed by atoms with Crippen LogP contribution in [0.1, 0.15) is 25.1 Å². The molecule has 78 valence electrons. The van der Waals surface area contributed by atoms with Crippen LogP contribution in [-0.2, 0) is 11.2 Å². The van der Waals surface area contributed by atoms with Crippen molar-refractivity contribution in [2.24, 2.45) is 5.41 Å². The molecule has 1 aromatic heterocycles. The Morgan fingerprint density at radius 1 is 1.43 bits per heavy atom. The lowest BCUT2D eigenvalue weighted by Crippen LogP contribution is -2.26. The highest BCUT2D eigenvalue weighted by Crippen LogP contribution is 2.21. The zero-order valence-electron chi connectivity index (χ0n) is 8.47. The van der Waals surface area contributed by atoms with Crippen LogP contribution in [0.15, 0.2) is 4.79 Å². The molecule has 0 atom stereocenters. The molecule has 0 bridgehead atoms. The fraction of sp³-hybridized carbons (Fsp3) is 0.556.